The highest BCUT2D eigenvalue weighted by Crippen LogP contribution is 2.42. The van der Waals surface area contributed by atoms with E-state index in [1.165, 1.54) is 17.0 Å². The minimum Gasteiger partial charge on any atom is -0.368 e. The number of benzene rings is 1. The number of amides is 1. The van der Waals surface area contributed by atoms with Gasteiger partial charge in [-0.25, -0.2) is 4.39 Å². The maximum Gasteiger partial charge on any atom is 0.236 e. The Morgan fingerprint density at radius 1 is 1.33 bits per heavy atom. The summed E-state index contributed by atoms with van der Waals surface area (Å²) in [7, 11) is 1.64. The van der Waals surface area contributed by atoms with Gasteiger partial charge < -0.3 is 9.80 Å². The summed E-state index contributed by atoms with van der Waals surface area (Å²) < 4.78 is 13.5. The Balaban J connectivity index is 1.75. The predicted molar refractivity (Wildman–Crippen MR) is 131 cm³/mol. The fourth-order valence-corrected chi connectivity index (χ4v) is 5.07. The van der Waals surface area contributed by atoms with Crippen LogP contribution < -0.4 is 4.90 Å². The zero-order valence-corrected chi connectivity index (χ0v) is 19.9. The molecule has 6 nitrogen and oxygen atoms in total. The first-order chi connectivity index (χ1) is 15.8. The molecule has 0 radical (unpaired) electrons. The molecular formula is C25H26FN5OS. The summed E-state index contributed by atoms with van der Waals surface area (Å²) in [6.07, 6.45) is 7.43. The van der Waals surface area contributed by atoms with E-state index in [0.717, 1.165) is 21.7 Å². The van der Waals surface area contributed by atoms with Gasteiger partial charge in [-0.05, 0) is 50.4 Å². The number of nitrogens with zero attached hydrogens (tertiary/aromatic N) is 4. The van der Waals surface area contributed by atoms with Crippen molar-refractivity contribution in [2.24, 2.45) is 5.92 Å². The van der Waals surface area contributed by atoms with Crippen LogP contribution in [0.3, 0.4) is 0 Å². The molecule has 2 atom stereocenters. The van der Waals surface area contributed by atoms with Crippen molar-refractivity contribution in [3.8, 4) is 11.8 Å². The van der Waals surface area contributed by atoms with Crippen LogP contribution in [0.4, 0.5) is 10.1 Å². The number of anilines is 1. The molecule has 2 aromatic rings. The largest absolute Gasteiger partial charge is 0.368 e. The van der Waals surface area contributed by atoms with Crippen molar-refractivity contribution in [1.29, 1.82) is 5.41 Å². The highest BCUT2D eigenvalue weighted by atomic mass is 32.2. The number of nitrogens with one attached hydrogen (secondary N) is 1. The molecule has 0 spiro atoms. The van der Waals surface area contributed by atoms with Crippen LogP contribution in [-0.2, 0) is 4.79 Å². The van der Waals surface area contributed by atoms with Crippen LogP contribution in [-0.4, -0.2) is 58.6 Å². The van der Waals surface area contributed by atoms with E-state index in [-0.39, 0.29) is 23.6 Å². The van der Waals surface area contributed by atoms with E-state index in [4.69, 9.17) is 5.41 Å². The van der Waals surface area contributed by atoms with Gasteiger partial charge >= 0.3 is 0 Å². The van der Waals surface area contributed by atoms with Gasteiger partial charge in [0.05, 0.1) is 11.5 Å². The SMILES string of the molecule is CC#Cc1cncc(/C(=C/N2C(=N)N(C)C(=O)C3CN(c4ccc(F)cc4)C[C@@]32C)SC)c1. The van der Waals surface area contributed by atoms with Crippen LogP contribution in [0.2, 0.25) is 0 Å². The Morgan fingerprint density at radius 2 is 2.06 bits per heavy atom. The van der Waals surface area contributed by atoms with E-state index in [1.807, 2.05) is 30.3 Å². The number of halogens is 1. The molecule has 3 heterocycles. The number of thioether (sulfide) groups is 1. The van der Waals surface area contributed by atoms with Crippen molar-refractivity contribution in [1.82, 2.24) is 14.8 Å². The maximum absolute atomic E-state index is 13.5. The Kier molecular flexibility index (Phi) is 6.17. The highest BCUT2D eigenvalue weighted by molar-refractivity contribution is 8.07. The van der Waals surface area contributed by atoms with Crippen molar-refractivity contribution >= 4 is 34.2 Å². The predicted octanol–water partition coefficient (Wildman–Crippen LogP) is 3.86. The average Bonchev–Trinajstić information content (AvgIpc) is 3.17. The minimum absolute atomic E-state index is 0.0793. The van der Waals surface area contributed by atoms with Gasteiger partial charge in [-0.15, -0.1) is 17.7 Å². The number of hydrogen-bond donors (Lipinski definition) is 1. The lowest BCUT2D eigenvalue weighted by Gasteiger charge is -2.48. The molecule has 8 heteroatoms. The zero-order chi connectivity index (χ0) is 23.8. The summed E-state index contributed by atoms with van der Waals surface area (Å²) in [5.74, 6) is 5.34. The second kappa shape index (κ2) is 8.91. The number of carbonyl (C=O) groups excluding carboxylic acids is 1. The summed E-state index contributed by atoms with van der Waals surface area (Å²) in [4.78, 5) is 23.8. The highest BCUT2D eigenvalue weighted by Gasteiger charge is 2.56. The standard InChI is InChI=1S/C25H26FN5OS/c1-5-6-17-11-18(13-28-12-17)22(33-4)15-31-24(27)29(3)23(32)21-14-30(16-25(21,31)2)20-9-7-19(26)8-10-20/h7-13,15,21,27H,14,16H2,1-4H3/b22-15-,27-24?/t21?,25-/m0/s1. The maximum atomic E-state index is 13.5. The van der Waals surface area contributed by atoms with Crippen molar-refractivity contribution < 1.29 is 9.18 Å². The van der Waals surface area contributed by atoms with E-state index >= 15 is 0 Å². The third-order valence-electron chi connectivity index (χ3n) is 6.34. The zero-order valence-electron chi connectivity index (χ0n) is 19.1. The Hall–Kier alpha value is -3.31. The molecule has 0 saturated carbocycles. The molecule has 4 rings (SSSR count). The van der Waals surface area contributed by atoms with E-state index in [2.05, 4.69) is 21.7 Å². The van der Waals surface area contributed by atoms with Crippen molar-refractivity contribution in [2.45, 2.75) is 19.4 Å². The van der Waals surface area contributed by atoms with E-state index in [9.17, 15) is 9.18 Å². The minimum atomic E-state index is -0.635. The lowest BCUT2D eigenvalue weighted by Crippen LogP contribution is -2.65. The number of fused-ring (bicyclic) bond motifs is 1. The molecule has 2 saturated heterocycles. The van der Waals surface area contributed by atoms with Gasteiger partial charge in [0.2, 0.25) is 11.9 Å². The van der Waals surface area contributed by atoms with Gasteiger partial charge in [0.25, 0.3) is 0 Å². The van der Waals surface area contributed by atoms with Gasteiger partial charge in [-0.2, -0.15) is 0 Å². The van der Waals surface area contributed by atoms with Crippen molar-refractivity contribution in [3.05, 3.63) is 65.9 Å². The molecule has 1 N–H and O–H groups in total. The molecule has 1 amide bonds. The number of pyridine rings is 1. The van der Waals surface area contributed by atoms with Crippen LogP contribution in [0.1, 0.15) is 25.0 Å². The summed E-state index contributed by atoms with van der Waals surface area (Å²) in [5.41, 5.74) is 1.95. The first-order valence-corrected chi connectivity index (χ1v) is 11.8. The molecule has 2 fully saturated rings. The van der Waals surface area contributed by atoms with E-state index in [0.29, 0.717) is 13.1 Å². The molecule has 0 bridgehead atoms. The second-order valence-electron chi connectivity index (χ2n) is 8.39. The second-order valence-corrected chi connectivity index (χ2v) is 9.24. The molecular weight excluding hydrogens is 437 g/mol. The number of hydrogen-bond acceptors (Lipinski definition) is 5. The van der Waals surface area contributed by atoms with Crippen LogP contribution in [0.15, 0.2) is 48.9 Å². The number of guanidine groups is 1. The fraction of sp³-hybridized carbons (Fsp3) is 0.320. The third kappa shape index (κ3) is 4.09. The molecule has 33 heavy (non-hydrogen) atoms. The lowest BCUT2D eigenvalue weighted by atomic mass is 9.84. The number of carbonyl (C=O) groups is 1. The van der Waals surface area contributed by atoms with Gasteiger partial charge in [-0.1, -0.05) is 5.92 Å². The normalized spacial score (nSPS) is 22.9. The van der Waals surface area contributed by atoms with Crippen LogP contribution in [0.25, 0.3) is 4.91 Å². The quantitative estimate of drug-likeness (QED) is 0.698. The van der Waals surface area contributed by atoms with Gasteiger partial charge in [0.15, 0.2) is 0 Å². The van der Waals surface area contributed by atoms with Crippen LogP contribution in [0, 0.1) is 29.0 Å². The molecule has 1 aromatic heterocycles. The average molecular weight is 464 g/mol. The van der Waals surface area contributed by atoms with Crippen molar-refractivity contribution in [3.63, 3.8) is 0 Å². The summed E-state index contributed by atoms with van der Waals surface area (Å²) >= 11 is 1.56. The van der Waals surface area contributed by atoms with Crippen molar-refractivity contribution in [2.75, 3.05) is 31.3 Å². The van der Waals surface area contributed by atoms with E-state index < -0.39 is 5.54 Å². The van der Waals surface area contributed by atoms with Gasteiger partial charge in [0, 0.05) is 60.5 Å². The Morgan fingerprint density at radius 3 is 2.73 bits per heavy atom. The molecule has 0 aliphatic carbocycles. The fourth-order valence-electron chi connectivity index (χ4n) is 4.51. The molecule has 2 aliphatic heterocycles. The Bertz CT molecular complexity index is 1190. The summed E-state index contributed by atoms with van der Waals surface area (Å²) in [6.45, 7) is 4.84. The third-order valence-corrected chi connectivity index (χ3v) is 7.12. The van der Waals surface area contributed by atoms with E-state index in [1.54, 1.807) is 50.3 Å². The molecule has 170 valence electrons. The van der Waals surface area contributed by atoms with Crippen LogP contribution in [0.5, 0.6) is 0 Å². The first-order valence-electron chi connectivity index (χ1n) is 10.6. The number of rotatable bonds is 4. The lowest BCUT2D eigenvalue weighted by molar-refractivity contribution is -0.136. The molecule has 2 aliphatic rings. The number of aromatic nitrogens is 1. The topological polar surface area (TPSA) is 63.5 Å². The molecule has 1 unspecified atom stereocenters. The monoisotopic (exact) mass is 463 g/mol. The summed E-state index contributed by atoms with van der Waals surface area (Å²) in [5, 5.41) is 8.77. The van der Waals surface area contributed by atoms with Gasteiger partial charge in [-0.3, -0.25) is 20.1 Å². The first kappa shape index (κ1) is 22.9. The Labute approximate surface area is 198 Å². The van der Waals surface area contributed by atoms with Gasteiger partial charge in [0.1, 0.15) is 5.82 Å². The molecule has 1 aromatic carbocycles. The smallest absolute Gasteiger partial charge is 0.236 e. The van der Waals surface area contributed by atoms with Crippen LogP contribution >= 0.6 is 11.8 Å². The summed E-state index contributed by atoms with van der Waals surface area (Å²) in [6, 6.07) is 8.30.